The molecule has 0 bridgehead atoms. The van der Waals surface area contributed by atoms with E-state index in [9.17, 15) is 9.59 Å². The number of aryl methyl sites for hydroxylation is 2. The lowest BCUT2D eigenvalue weighted by Gasteiger charge is -2.13. The average Bonchev–Trinajstić information content (AvgIpc) is 2.86. The lowest BCUT2D eigenvalue weighted by atomic mass is 10.1. The van der Waals surface area contributed by atoms with Gasteiger partial charge in [0.25, 0.3) is 5.56 Å². The van der Waals surface area contributed by atoms with E-state index in [1.54, 1.807) is 20.1 Å². The van der Waals surface area contributed by atoms with Gasteiger partial charge in [0.05, 0.1) is 12.7 Å². The van der Waals surface area contributed by atoms with E-state index in [0.29, 0.717) is 23.5 Å². The van der Waals surface area contributed by atoms with Gasteiger partial charge in [-0.3, -0.25) is 9.59 Å². The molecule has 0 unspecified atom stereocenters. The van der Waals surface area contributed by atoms with Crippen molar-refractivity contribution in [2.75, 3.05) is 0 Å². The Bertz CT molecular complexity index is 674. The van der Waals surface area contributed by atoms with Gasteiger partial charge in [-0.05, 0) is 32.9 Å². The fourth-order valence-corrected chi connectivity index (χ4v) is 2.23. The third kappa shape index (κ3) is 4.05. The van der Waals surface area contributed by atoms with Crippen LogP contribution in [0.15, 0.2) is 27.6 Å². The minimum absolute atomic E-state index is 0.0247. The first-order valence-corrected chi connectivity index (χ1v) is 6.84. The number of amides is 1. The van der Waals surface area contributed by atoms with Gasteiger partial charge in [-0.25, -0.2) is 4.98 Å². The van der Waals surface area contributed by atoms with E-state index in [1.165, 1.54) is 0 Å². The first-order chi connectivity index (χ1) is 9.95. The van der Waals surface area contributed by atoms with Gasteiger partial charge in [0.15, 0.2) is 0 Å². The number of aromatic amines is 1. The monoisotopic (exact) mass is 289 g/mol. The van der Waals surface area contributed by atoms with E-state index in [1.807, 2.05) is 19.1 Å². The maximum atomic E-state index is 12.0. The van der Waals surface area contributed by atoms with Crippen molar-refractivity contribution in [3.8, 4) is 0 Å². The van der Waals surface area contributed by atoms with Gasteiger partial charge in [0, 0.05) is 23.7 Å². The first-order valence-electron chi connectivity index (χ1n) is 6.84. The number of carbonyl (C=O) groups is 1. The molecule has 0 radical (unpaired) electrons. The van der Waals surface area contributed by atoms with E-state index in [4.69, 9.17) is 4.42 Å². The highest BCUT2D eigenvalue weighted by molar-refractivity contribution is 5.78. The van der Waals surface area contributed by atoms with Crippen LogP contribution in [0.5, 0.6) is 0 Å². The number of hydrogen-bond donors (Lipinski definition) is 2. The predicted molar refractivity (Wildman–Crippen MR) is 78.1 cm³/mol. The highest BCUT2D eigenvalue weighted by atomic mass is 16.3. The van der Waals surface area contributed by atoms with Crippen LogP contribution in [0.4, 0.5) is 0 Å². The number of nitrogens with one attached hydrogen (secondary N) is 2. The normalized spacial score (nSPS) is 12.1. The van der Waals surface area contributed by atoms with Crippen molar-refractivity contribution in [1.82, 2.24) is 15.3 Å². The summed E-state index contributed by atoms with van der Waals surface area (Å²) in [7, 11) is 0. The van der Waals surface area contributed by atoms with Crippen molar-refractivity contribution in [3.05, 3.63) is 51.6 Å². The van der Waals surface area contributed by atoms with Crippen molar-refractivity contribution >= 4 is 5.91 Å². The van der Waals surface area contributed by atoms with Crippen LogP contribution in [-0.2, 0) is 17.6 Å². The van der Waals surface area contributed by atoms with Crippen LogP contribution < -0.4 is 10.9 Å². The summed E-state index contributed by atoms with van der Waals surface area (Å²) in [5.74, 6) is 1.16. The van der Waals surface area contributed by atoms with Crippen LogP contribution in [0.2, 0.25) is 0 Å². The largest absolute Gasteiger partial charge is 0.469 e. The Kier molecular flexibility index (Phi) is 4.57. The Morgan fingerprint density at radius 3 is 2.86 bits per heavy atom. The van der Waals surface area contributed by atoms with Crippen molar-refractivity contribution < 1.29 is 9.21 Å². The summed E-state index contributed by atoms with van der Waals surface area (Å²) in [5.41, 5.74) is 0.738. The van der Waals surface area contributed by atoms with Crippen LogP contribution in [0.1, 0.15) is 29.8 Å². The molecule has 0 aromatic carbocycles. The highest BCUT2D eigenvalue weighted by Gasteiger charge is 2.14. The summed E-state index contributed by atoms with van der Waals surface area (Å²) < 4.78 is 5.24. The van der Waals surface area contributed by atoms with E-state index in [0.717, 1.165) is 5.76 Å². The first kappa shape index (κ1) is 15.0. The molecule has 2 aromatic rings. The molecule has 2 N–H and O–H groups in total. The summed E-state index contributed by atoms with van der Waals surface area (Å²) in [6.07, 6.45) is 2.24. The number of nitrogens with zero attached hydrogens (tertiary/aromatic N) is 1. The number of rotatable bonds is 5. The molecule has 0 aliphatic rings. The van der Waals surface area contributed by atoms with Gasteiger partial charge < -0.3 is 14.7 Å². The van der Waals surface area contributed by atoms with Crippen molar-refractivity contribution in [1.29, 1.82) is 0 Å². The minimum Gasteiger partial charge on any atom is -0.469 e. The Balaban J connectivity index is 1.97. The van der Waals surface area contributed by atoms with Gasteiger partial charge in [-0.1, -0.05) is 0 Å². The quantitative estimate of drug-likeness (QED) is 0.867. The Labute approximate surface area is 122 Å². The molecule has 0 aliphatic heterocycles. The molecule has 2 aromatic heterocycles. The molecule has 0 saturated heterocycles. The van der Waals surface area contributed by atoms with E-state index in [2.05, 4.69) is 15.3 Å². The van der Waals surface area contributed by atoms with Crippen molar-refractivity contribution in [2.45, 2.75) is 39.7 Å². The van der Waals surface area contributed by atoms with Gasteiger partial charge in [-0.2, -0.15) is 0 Å². The van der Waals surface area contributed by atoms with Crippen LogP contribution in [-0.4, -0.2) is 21.9 Å². The fourth-order valence-electron chi connectivity index (χ4n) is 2.23. The summed E-state index contributed by atoms with van der Waals surface area (Å²) in [5, 5.41) is 2.86. The van der Waals surface area contributed by atoms with Crippen molar-refractivity contribution in [3.63, 3.8) is 0 Å². The molecule has 0 saturated carbocycles. The molecule has 0 aliphatic carbocycles. The molecule has 21 heavy (non-hydrogen) atoms. The zero-order chi connectivity index (χ0) is 15.4. The maximum Gasteiger partial charge on any atom is 0.254 e. The molecule has 1 atom stereocenters. The SMILES string of the molecule is Cc1nc(C)c(CC(=O)N[C@H](C)Cc2ccco2)c(=O)[nH]1. The zero-order valence-electron chi connectivity index (χ0n) is 12.4. The number of aromatic nitrogens is 2. The lowest BCUT2D eigenvalue weighted by Crippen LogP contribution is -2.36. The van der Waals surface area contributed by atoms with E-state index >= 15 is 0 Å². The lowest BCUT2D eigenvalue weighted by molar-refractivity contribution is -0.121. The van der Waals surface area contributed by atoms with E-state index in [-0.39, 0.29) is 23.9 Å². The van der Waals surface area contributed by atoms with Crippen LogP contribution in [0.3, 0.4) is 0 Å². The number of H-pyrrole nitrogens is 1. The maximum absolute atomic E-state index is 12.0. The number of furan rings is 1. The van der Waals surface area contributed by atoms with Crippen molar-refractivity contribution in [2.24, 2.45) is 0 Å². The summed E-state index contributed by atoms with van der Waals surface area (Å²) in [6, 6.07) is 3.60. The Hall–Kier alpha value is -2.37. The van der Waals surface area contributed by atoms with Crippen LogP contribution >= 0.6 is 0 Å². The third-order valence-electron chi connectivity index (χ3n) is 3.17. The zero-order valence-corrected chi connectivity index (χ0v) is 12.4. The topological polar surface area (TPSA) is 88.0 Å². The fraction of sp³-hybridized carbons (Fsp3) is 0.400. The minimum atomic E-state index is -0.256. The molecule has 112 valence electrons. The van der Waals surface area contributed by atoms with Gasteiger partial charge >= 0.3 is 0 Å². The molecule has 2 heterocycles. The number of carbonyl (C=O) groups excluding carboxylic acids is 1. The third-order valence-corrected chi connectivity index (χ3v) is 3.17. The molecule has 6 heteroatoms. The summed E-state index contributed by atoms with van der Waals surface area (Å²) in [4.78, 5) is 30.7. The highest BCUT2D eigenvalue weighted by Crippen LogP contribution is 2.05. The van der Waals surface area contributed by atoms with Gasteiger partial charge in [-0.15, -0.1) is 0 Å². The Morgan fingerprint density at radius 2 is 2.24 bits per heavy atom. The number of hydrogen-bond acceptors (Lipinski definition) is 4. The van der Waals surface area contributed by atoms with Gasteiger partial charge in [0.1, 0.15) is 11.6 Å². The smallest absolute Gasteiger partial charge is 0.254 e. The van der Waals surface area contributed by atoms with E-state index < -0.39 is 0 Å². The van der Waals surface area contributed by atoms with Crippen LogP contribution in [0, 0.1) is 13.8 Å². The molecule has 2 rings (SSSR count). The molecule has 1 amide bonds. The second-order valence-electron chi connectivity index (χ2n) is 5.14. The van der Waals surface area contributed by atoms with Gasteiger partial charge in [0.2, 0.25) is 5.91 Å². The second-order valence-corrected chi connectivity index (χ2v) is 5.14. The molecule has 0 spiro atoms. The second kappa shape index (κ2) is 6.39. The summed E-state index contributed by atoms with van der Waals surface area (Å²) in [6.45, 7) is 5.34. The van der Waals surface area contributed by atoms with Crippen LogP contribution in [0.25, 0.3) is 0 Å². The molecular weight excluding hydrogens is 270 g/mol. The predicted octanol–water partition coefficient (Wildman–Crippen LogP) is 1.27. The molecular formula is C15H19N3O3. The molecule has 0 fully saturated rings. The Morgan fingerprint density at radius 1 is 1.48 bits per heavy atom. The average molecular weight is 289 g/mol. The standard InChI is InChI=1S/C15H19N3O3/c1-9(7-12-5-4-6-21-12)16-14(19)8-13-10(2)17-11(3)18-15(13)20/h4-6,9H,7-8H2,1-3H3,(H,16,19)(H,17,18,20)/t9-/m1/s1. The summed E-state index contributed by atoms with van der Waals surface area (Å²) >= 11 is 0. The molecule has 6 nitrogen and oxygen atoms in total.